The van der Waals surface area contributed by atoms with Crippen molar-refractivity contribution >= 4 is 46.2 Å². The van der Waals surface area contributed by atoms with Crippen molar-refractivity contribution in [3.63, 3.8) is 0 Å². The zero-order valence-corrected chi connectivity index (χ0v) is 33.8. The average Bonchev–Trinajstić information content (AvgIpc) is 3.91. The van der Waals surface area contributed by atoms with Gasteiger partial charge in [0.05, 0.1) is 13.1 Å². The first-order chi connectivity index (χ1) is 28.5. The van der Waals surface area contributed by atoms with Crippen LogP contribution in [0.3, 0.4) is 0 Å². The number of nitrogens with zero attached hydrogens (tertiary/aromatic N) is 4. The molecule has 0 aliphatic rings. The topological polar surface area (TPSA) is 116 Å². The van der Waals surface area contributed by atoms with Gasteiger partial charge in [-0.25, -0.2) is 28.3 Å². The van der Waals surface area contributed by atoms with Gasteiger partial charge in [0.2, 0.25) is 0 Å². The van der Waals surface area contributed by atoms with Crippen LogP contribution in [0.25, 0.3) is 11.1 Å². The van der Waals surface area contributed by atoms with E-state index < -0.39 is 11.9 Å². The van der Waals surface area contributed by atoms with Crippen molar-refractivity contribution in [3.8, 4) is 16.9 Å². The van der Waals surface area contributed by atoms with Crippen LogP contribution in [0.2, 0.25) is 5.02 Å². The molecule has 14 heteroatoms. The second-order valence-corrected chi connectivity index (χ2v) is 16.2. The lowest BCUT2D eigenvalue weighted by molar-refractivity contribution is 0.0680. The molecule has 59 heavy (non-hydrogen) atoms. The van der Waals surface area contributed by atoms with Crippen molar-refractivity contribution in [1.29, 1.82) is 0 Å². The molecule has 0 fully saturated rings. The van der Waals surface area contributed by atoms with E-state index in [2.05, 4.69) is 19.8 Å². The molecule has 7 aromatic rings. The van der Waals surface area contributed by atoms with Gasteiger partial charge >= 0.3 is 11.9 Å². The van der Waals surface area contributed by atoms with Crippen LogP contribution in [0.5, 0.6) is 5.75 Å². The molecule has 5 aromatic carbocycles. The lowest BCUT2D eigenvalue weighted by atomic mass is 10.00. The molecule has 0 amide bonds. The van der Waals surface area contributed by atoms with E-state index >= 15 is 4.39 Å². The van der Waals surface area contributed by atoms with Gasteiger partial charge in [-0.05, 0) is 88.0 Å². The van der Waals surface area contributed by atoms with Gasteiger partial charge in [0.25, 0.3) is 0 Å². The smallest absolute Gasteiger partial charge is 0.355 e. The number of aromatic nitrogens is 2. The van der Waals surface area contributed by atoms with Gasteiger partial charge in [0, 0.05) is 47.5 Å². The molecule has 0 aliphatic carbocycles. The number of thiazole rings is 2. The van der Waals surface area contributed by atoms with Crippen molar-refractivity contribution in [3.05, 3.63) is 192 Å². The van der Waals surface area contributed by atoms with Gasteiger partial charge in [-0.2, -0.15) is 0 Å². The fourth-order valence-corrected chi connectivity index (χ4v) is 8.22. The van der Waals surface area contributed by atoms with Gasteiger partial charge in [-0.3, -0.25) is 9.80 Å². The third-order valence-corrected chi connectivity index (χ3v) is 11.2. The summed E-state index contributed by atoms with van der Waals surface area (Å²) in [5.41, 5.74) is 5.82. The van der Waals surface area contributed by atoms with E-state index in [1.165, 1.54) is 51.6 Å². The van der Waals surface area contributed by atoms with Gasteiger partial charge in [0.1, 0.15) is 34.0 Å². The summed E-state index contributed by atoms with van der Waals surface area (Å²) in [5, 5.41) is 23.7. The Bertz CT molecular complexity index is 2530. The van der Waals surface area contributed by atoms with E-state index in [0.29, 0.717) is 71.2 Å². The summed E-state index contributed by atoms with van der Waals surface area (Å²) in [6.07, 6.45) is 0. The maximum absolute atomic E-state index is 15.4. The number of benzene rings is 5. The second kappa shape index (κ2) is 19.3. The first kappa shape index (κ1) is 41.3. The highest BCUT2D eigenvalue weighted by Crippen LogP contribution is 2.28. The van der Waals surface area contributed by atoms with E-state index in [1.807, 2.05) is 78.9 Å². The SMILES string of the molecule is O=C(O)c1csc(CN(Cc2ccc(F)cc2)Cc2ccc(OCc3cccc(-c4cc(CN(Cc5ccc(Cl)cc5)Cc5nc(C(=O)O)cs5)ccc4F)c3)cc2)n1. The summed E-state index contributed by atoms with van der Waals surface area (Å²) in [6.45, 7) is 3.09. The minimum absolute atomic E-state index is 0.00584. The number of carbonyl (C=O) groups is 2. The van der Waals surface area contributed by atoms with Crippen molar-refractivity contribution in [2.45, 2.75) is 45.9 Å². The molecule has 2 N–H and O–H groups in total. The third-order valence-electron chi connectivity index (χ3n) is 9.31. The summed E-state index contributed by atoms with van der Waals surface area (Å²) >= 11 is 8.69. The molecule has 2 heterocycles. The molecule has 2 aromatic heterocycles. The Morgan fingerprint density at radius 1 is 0.610 bits per heavy atom. The van der Waals surface area contributed by atoms with Gasteiger partial charge in [-0.15, -0.1) is 22.7 Å². The molecular weight excluding hydrogens is 814 g/mol. The molecule has 9 nitrogen and oxygen atoms in total. The summed E-state index contributed by atoms with van der Waals surface area (Å²) < 4.78 is 35.2. The summed E-state index contributed by atoms with van der Waals surface area (Å²) in [7, 11) is 0. The fraction of sp³-hybridized carbons (Fsp3) is 0.156. The van der Waals surface area contributed by atoms with Gasteiger partial charge in [0.15, 0.2) is 11.4 Å². The first-order valence-corrected chi connectivity index (χ1v) is 20.5. The quantitative estimate of drug-likeness (QED) is 0.0870. The largest absolute Gasteiger partial charge is 0.489 e. The highest BCUT2D eigenvalue weighted by molar-refractivity contribution is 7.10. The van der Waals surface area contributed by atoms with Crippen LogP contribution in [0.15, 0.2) is 126 Å². The third kappa shape index (κ3) is 11.6. The maximum Gasteiger partial charge on any atom is 0.355 e. The summed E-state index contributed by atoms with van der Waals surface area (Å²) in [4.78, 5) is 35.6. The number of halogens is 3. The maximum atomic E-state index is 15.4. The molecule has 0 spiro atoms. The van der Waals surface area contributed by atoms with Crippen LogP contribution < -0.4 is 4.74 Å². The molecule has 0 radical (unpaired) electrons. The van der Waals surface area contributed by atoms with Crippen LogP contribution in [-0.4, -0.2) is 41.9 Å². The van der Waals surface area contributed by atoms with Crippen molar-refractivity contribution in [1.82, 2.24) is 19.8 Å². The molecule has 0 aliphatic heterocycles. The van der Waals surface area contributed by atoms with Crippen LogP contribution in [0.4, 0.5) is 8.78 Å². The minimum atomic E-state index is -1.08. The Kier molecular flexibility index (Phi) is 13.5. The number of hydrogen-bond donors (Lipinski definition) is 2. The predicted molar refractivity (Wildman–Crippen MR) is 225 cm³/mol. The van der Waals surface area contributed by atoms with Gasteiger partial charge in [-0.1, -0.05) is 72.3 Å². The normalized spacial score (nSPS) is 11.3. The van der Waals surface area contributed by atoms with E-state index in [0.717, 1.165) is 27.8 Å². The van der Waals surface area contributed by atoms with Crippen molar-refractivity contribution in [2.24, 2.45) is 0 Å². The number of aromatic carboxylic acids is 2. The number of carboxylic acid groups (broad SMARTS) is 2. The zero-order valence-electron chi connectivity index (χ0n) is 31.4. The number of ether oxygens (including phenoxy) is 1. The minimum Gasteiger partial charge on any atom is -0.489 e. The van der Waals surface area contributed by atoms with Crippen LogP contribution in [-0.2, 0) is 45.9 Å². The van der Waals surface area contributed by atoms with E-state index in [-0.39, 0.29) is 29.6 Å². The van der Waals surface area contributed by atoms with Crippen molar-refractivity contribution in [2.75, 3.05) is 0 Å². The highest BCUT2D eigenvalue weighted by Gasteiger charge is 2.17. The molecule has 0 bridgehead atoms. The van der Waals surface area contributed by atoms with E-state index in [9.17, 15) is 24.2 Å². The number of rotatable bonds is 18. The highest BCUT2D eigenvalue weighted by atomic mass is 35.5. The Balaban J connectivity index is 1.01. The molecule has 300 valence electrons. The summed E-state index contributed by atoms with van der Waals surface area (Å²) in [6, 6.07) is 34.1. The van der Waals surface area contributed by atoms with E-state index in [1.54, 1.807) is 18.2 Å². The first-order valence-electron chi connectivity index (χ1n) is 18.4. The number of hydrogen-bond acceptors (Lipinski definition) is 9. The Morgan fingerprint density at radius 2 is 1.12 bits per heavy atom. The lowest BCUT2D eigenvalue weighted by Gasteiger charge is -2.22. The Morgan fingerprint density at radius 3 is 1.66 bits per heavy atom. The van der Waals surface area contributed by atoms with E-state index in [4.69, 9.17) is 16.3 Å². The summed E-state index contributed by atoms with van der Waals surface area (Å²) in [5.74, 6) is -2.17. The molecule has 0 saturated carbocycles. The lowest BCUT2D eigenvalue weighted by Crippen LogP contribution is -2.22. The van der Waals surface area contributed by atoms with Gasteiger partial charge < -0.3 is 14.9 Å². The average molecular weight is 851 g/mol. The Labute approximate surface area is 352 Å². The molecular formula is C45H37ClF2N4O5S2. The molecule has 0 saturated heterocycles. The molecule has 7 rings (SSSR count). The van der Waals surface area contributed by atoms with Crippen LogP contribution >= 0.6 is 34.3 Å². The monoisotopic (exact) mass is 850 g/mol. The van der Waals surface area contributed by atoms with Crippen LogP contribution in [0, 0.1) is 11.6 Å². The Hall–Kier alpha value is -5.83. The number of carboxylic acids is 2. The van der Waals surface area contributed by atoms with Crippen molar-refractivity contribution < 1.29 is 33.3 Å². The second-order valence-electron chi connectivity index (χ2n) is 13.9. The zero-order chi connectivity index (χ0) is 41.3. The predicted octanol–water partition coefficient (Wildman–Crippen LogP) is 10.6. The fourth-order valence-electron chi connectivity index (χ4n) is 6.47. The molecule has 0 atom stereocenters. The standard InChI is InChI=1S/C45H37ClF2N4O5S2/c46-35-11-4-29(5-12-35)20-52(25-43-50-41(28-59-43)45(55)56)23-32-10-17-39(48)38(19-32)34-3-1-2-33(18-34)26-57-37-15-8-31(9-16-37)22-51(21-30-6-13-36(47)14-7-30)24-42-49-40(27-58-42)44(53)54/h1-19,27-28H,20-26H2,(H,53,54)(H,55,56). The van der Waals surface area contributed by atoms with Crippen LogP contribution in [0.1, 0.15) is 58.8 Å². The molecule has 0 unspecified atom stereocenters.